The van der Waals surface area contributed by atoms with Crippen LogP contribution in [0.5, 0.6) is 0 Å². The Morgan fingerprint density at radius 3 is 2.50 bits per heavy atom. The van der Waals surface area contributed by atoms with E-state index in [2.05, 4.69) is 49.9 Å². The van der Waals surface area contributed by atoms with Crippen LogP contribution in [-0.4, -0.2) is 51.0 Å². The van der Waals surface area contributed by atoms with E-state index in [1.54, 1.807) is 11.3 Å². The molecule has 1 unspecified atom stereocenters. The predicted octanol–water partition coefficient (Wildman–Crippen LogP) is 4.05. The zero-order valence-corrected chi connectivity index (χ0v) is 19.7. The summed E-state index contributed by atoms with van der Waals surface area (Å²) in [7, 11) is 2.01. The molecule has 1 aliphatic heterocycles. The van der Waals surface area contributed by atoms with E-state index in [9.17, 15) is 0 Å². The number of thiophene rings is 1. The molecule has 8 heteroatoms. The molecule has 0 spiro atoms. The lowest BCUT2D eigenvalue weighted by Gasteiger charge is -2.26. The Labute approximate surface area is 182 Å². The first kappa shape index (κ1) is 21.2. The first-order chi connectivity index (χ1) is 14.4. The Hall–Kier alpha value is -2.03. The Kier molecular flexibility index (Phi) is 6.09. The predicted molar refractivity (Wildman–Crippen MR) is 122 cm³/mol. The summed E-state index contributed by atoms with van der Waals surface area (Å²) >= 11 is 1.76. The van der Waals surface area contributed by atoms with Crippen LogP contribution in [0.4, 0.5) is 5.82 Å². The van der Waals surface area contributed by atoms with Gasteiger partial charge in [0.2, 0.25) is 0 Å². The van der Waals surface area contributed by atoms with Crippen LogP contribution in [0.25, 0.3) is 10.2 Å². The van der Waals surface area contributed by atoms with Gasteiger partial charge in [-0.25, -0.2) is 9.97 Å². The first-order valence-electron chi connectivity index (χ1n) is 10.7. The Balaban J connectivity index is 1.73. The molecule has 1 fully saturated rings. The lowest BCUT2D eigenvalue weighted by Crippen LogP contribution is -2.36. The van der Waals surface area contributed by atoms with Crippen LogP contribution in [0.2, 0.25) is 0 Å². The van der Waals surface area contributed by atoms with Crippen LogP contribution in [0.1, 0.15) is 52.6 Å². The molecule has 4 rings (SSSR count). The van der Waals surface area contributed by atoms with E-state index in [1.165, 1.54) is 21.7 Å². The van der Waals surface area contributed by atoms with Gasteiger partial charge in [0, 0.05) is 36.3 Å². The minimum Gasteiger partial charge on any atom is -0.379 e. The molecule has 1 aliphatic rings. The number of hydrogen-bond donors (Lipinski definition) is 1. The van der Waals surface area contributed by atoms with Crippen LogP contribution >= 0.6 is 11.3 Å². The van der Waals surface area contributed by atoms with E-state index in [0.717, 1.165) is 66.8 Å². The lowest BCUT2D eigenvalue weighted by molar-refractivity contribution is 0.0331. The molecule has 4 heterocycles. The SMILES string of the molecule is CCC(Nc1nc(CN2CCOCC2)nc2sc(C)c(C)c12)c1c(C)nn(C)c1C. The molecular weight excluding hydrogens is 396 g/mol. The summed E-state index contributed by atoms with van der Waals surface area (Å²) in [6.07, 6.45) is 0.958. The molecule has 7 nitrogen and oxygen atoms in total. The second-order valence-electron chi connectivity index (χ2n) is 8.15. The normalized spacial score (nSPS) is 16.3. The molecule has 1 N–H and O–H groups in total. The van der Waals surface area contributed by atoms with Gasteiger partial charge in [-0.1, -0.05) is 6.92 Å². The zero-order chi connectivity index (χ0) is 21.4. The molecule has 3 aromatic rings. The van der Waals surface area contributed by atoms with Crippen LogP contribution in [0.15, 0.2) is 0 Å². The zero-order valence-electron chi connectivity index (χ0n) is 18.9. The maximum Gasteiger partial charge on any atom is 0.146 e. The number of aromatic nitrogens is 4. The quantitative estimate of drug-likeness (QED) is 0.639. The van der Waals surface area contributed by atoms with E-state index in [1.807, 2.05) is 11.7 Å². The standard InChI is InChI=1S/C22H32N6OS/c1-7-17(20-14(3)26-27(6)15(20)4)23-21-19-13(2)16(5)30-22(19)25-18(24-21)12-28-8-10-29-11-9-28/h17H,7-12H2,1-6H3,(H,23,24,25). The highest BCUT2D eigenvalue weighted by Gasteiger charge is 2.23. The maximum atomic E-state index is 5.49. The van der Waals surface area contributed by atoms with Crippen molar-refractivity contribution in [3.63, 3.8) is 0 Å². The van der Waals surface area contributed by atoms with Gasteiger partial charge in [0.25, 0.3) is 0 Å². The van der Waals surface area contributed by atoms with E-state index in [4.69, 9.17) is 14.7 Å². The van der Waals surface area contributed by atoms with Gasteiger partial charge < -0.3 is 10.1 Å². The minimum atomic E-state index is 0.160. The second-order valence-corrected chi connectivity index (χ2v) is 9.36. The third-order valence-corrected chi connectivity index (χ3v) is 7.28. The summed E-state index contributed by atoms with van der Waals surface area (Å²) < 4.78 is 7.46. The molecule has 162 valence electrons. The monoisotopic (exact) mass is 428 g/mol. The average molecular weight is 429 g/mol. The number of ether oxygens (including phenoxy) is 1. The highest BCUT2D eigenvalue weighted by molar-refractivity contribution is 7.18. The number of morpholine rings is 1. The molecule has 0 radical (unpaired) electrons. The number of anilines is 1. The molecular formula is C22H32N6OS. The summed E-state index contributed by atoms with van der Waals surface area (Å²) in [6, 6.07) is 0.160. The van der Waals surface area contributed by atoms with Gasteiger partial charge in [-0.2, -0.15) is 5.10 Å². The van der Waals surface area contributed by atoms with Crippen molar-refractivity contribution in [1.82, 2.24) is 24.6 Å². The molecule has 30 heavy (non-hydrogen) atoms. The molecule has 1 saturated heterocycles. The van der Waals surface area contributed by atoms with Crippen molar-refractivity contribution < 1.29 is 4.74 Å². The summed E-state index contributed by atoms with van der Waals surface area (Å²) in [5, 5.41) is 9.55. The summed E-state index contributed by atoms with van der Waals surface area (Å²) in [6.45, 7) is 14.9. The highest BCUT2D eigenvalue weighted by atomic mass is 32.1. The fourth-order valence-electron chi connectivity index (χ4n) is 4.27. The van der Waals surface area contributed by atoms with E-state index < -0.39 is 0 Å². The van der Waals surface area contributed by atoms with E-state index >= 15 is 0 Å². The number of hydrogen-bond acceptors (Lipinski definition) is 7. The largest absolute Gasteiger partial charge is 0.379 e. The van der Waals surface area contributed by atoms with Gasteiger partial charge in [0.05, 0.1) is 36.9 Å². The van der Waals surface area contributed by atoms with Crippen molar-refractivity contribution in [1.29, 1.82) is 0 Å². The lowest BCUT2D eigenvalue weighted by atomic mass is 10.0. The van der Waals surface area contributed by atoms with Crippen molar-refractivity contribution in [3.05, 3.63) is 33.2 Å². The number of fused-ring (bicyclic) bond motifs is 1. The third kappa shape index (κ3) is 3.96. The molecule has 0 amide bonds. The molecule has 1 atom stereocenters. The van der Waals surface area contributed by atoms with Crippen molar-refractivity contribution in [2.75, 3.05) is 31.6 Å². The van der Waals surface area contributed by atoms with Gasteiger partial charge >= 0.3 is 0 Å². The van der Waals surface area contributed by atoms with Crippen molar-refractivity contribution in [3.8, 4) is 0 Å². The Morgan fingerprint density at radius 2 is 1.87 bits per heavy atom. The Bertz CT molecular complexity index is 1050. The summed E-state index contributed by atoms with van der Waals surface area (Å²) in [5.41, 5.74) is 4.81. The number of nitrogens with one attached hydrogen (secondary N) is 1. The van der Waals surface area contributed by atoms with Crippen molar-refractivity contribution >= 4 is 27.4 Å². The topological polar surface area (TPSA) is 68.1 Å². The van der Waals surface area contributed by atoms with Crippen LogP contribution < -0.4 is 5.32 Å². The van der Waals surface area contributed by atoms with Gasteiger partial charge in [-0.05, 0) is 39.7 Å². The average Bonchev–Trinajstić information content (AvgIpc) is 3.15. The van der Waals surface area contributed by atoms with Gasteiger partial charge in [0.1, 0.15) is 16.5 Å². The molecule has 0 aliphatic carbocycles. The number of nitrogens with zero attached hydrogens (tertiary/aromatic N) is 5. The van der Waals surface area contributed by atoms with Crippen LogP contribution in [0, 0.1) is 27.7 Å². The molecule has 0 aromatic carbocycles. The maximum absolute atomic E-state index is 5.49. The van der Waals surface area contributed by atoms with E-state index in [-0.39, 0.29) is 6.04 Å². The highest BCUT2D eigenvalue weighted by Crippen LogP contribution is 2.36. The fourth-order valence-corrected chi connectivity index (χ4v) is 5.31. The fraction of sp³-hybridized carbons (Fsp3) is 0.591. The van der Waals surface area contributed by atoms with Gasteiger partial charge in [-0.15, -0.1) is 11.3 Å². The Morgan fingerprint density at radius 1 is 1.13 bits per heavy atom. The van der Waals surface area contributed by atoms with Crippen LogP contribution in [-0.2, 0) is 18.3 Å². The number of rotatable bonds is 6. The van der Waals surface area contributed by atoms with Crippen molar-refractivity contribution in [2.45, 2.75) is 53.6 Å². The van der Waals surface area contributed by atoms with E-state index in [0.29, 0.717) is 0 Å². The summed E-state index contributed by atoms with van der Waals surface area (Å²) in [4.78, 5) is 14.7. The van der Waals surface area contributed by atoms with Crippen LogP contribution in [0.3, 0.4) is 0 Å². The third-order valence-electron chi connectivity index (χ3n) is 6.18. The van der Waals surface area contributed by atoms with Crippen molar-refractivity contribution in [2.24, 2.45) is 7.05 Å². The minimum absolute atomic E-state index is 0.160. The smallest absolute Gasteiger partial charge is 0.146 e. The number of aryl methyl sites for hydroxylation is 4. The molecule has 3 aromatic heterocycles. The van der Waals surface area contributed by atoms with Gasteiger partial charge in [-0.3, -0.25) is 9.58 Å². The second kappa shape index (κ2) is 8.61. The summed E-state index contributed by atoms with van der Waals surface area (Å²) in [5.74, 6) is 1.82. The first-order valence-corrected chi connectivity index (χ1v) is 11.5. The van der Waals surface area contributed by atoms with Gasteiger partial charge in [0.15, 0.2) is 0 Å². The molecule has 0 bridgehead atoms. The molecule has 0 saturated carbocycles.